The normalized spacial score (nSPS) is 32.9. The van der Waals surface area contributed by atoms with E-state index in [-0.39, 0.29) is 12.3 Å². The highest BCUT2D eigenvalue weighted by Crippen LogP contribution is 2.19. The molecule has 0 radical (unpaired) electrons. The first kappa shape index (κ1) is 18.3. The van der Waals surface area contributed by atoms with Gasteiger partial charge in [-0.3, -0.25) is 4.79 Å². The zero-order valence-corrected chi connectivity index (χ0v) is 12.0. The van der Waals surface area contributed by atoms with Crippen molar-refractivity contribution in [1.82, 2.24) is 5.32 Å². The van der Waals surface area contributed by atoms with E-state index in [1.807, 2.05) is 0 Å². The van der Waals surface area contributed by atoms with Crippen molar-refractivity contribution < 1.29 is 30.0 Å². The molecule has 0 bridgehead atoms. The van der Waals surface area contributed by atoms with Crippen LogP contribution in [0.5, 0.6) is 0 Å². The van der Waals surface area contributed by atoms with E-state index in [4.69, 9.17) is 15.6 Å². The first-order chi connectivity index (χ1) is 10.0. The summed E-state index contributed by atoms with van der Waals surface area (Å²) in [5.74, 6) is -0.313. The lowest BCUT2D eigenvalue weighted by Gasteiger charge is -2.40. The summed E-state index contributed by atoms with van der Waals surface area (Å²) in [4.78, 5) is 11.7. The summed E-state index contributed by atoms with van der Waals surface area (Å²) in [5.41, 5.74) is 5.37. The number of carbonyl (C=O) groups excluding carboxylic acids is 1. The van der Waals surface area contributed by atoms with Crippen molar-refractivity contribution >= 4 is 5.91 Å². The fraction of sp³-hybridized carbons (Fsp3) is 0.923. The molecular formula is C13H26N2O6. The maximum atomic E-state index is 11.7. The average molecular weight is 306 g/mol. The van der Waals surface area contributed by atoms with E-state index in [0.29, 0.717) is 13.0 Å². The Balaban J connectivity index is 2.36. The Kier molecular flexibility index (Phi) is 8.09. The van der Waals surface area contributed by atoms with Gasteiger partial charge in [-0.25, -0.2) is 0 Å². The van der Waals surface area contributed by atoms with Crippen LogP contribution in [-0.4, -0.2) is 70.1 Å². The zero-order valence-electron chi connectivity index (χ0n) is 12.0. The predicted molar refractivity (Wildman–Crippen MR) is 74.0 cm³/mol. The van der Waals surface area contributed by atoms with Crippen LogP contribution >= 0.6 is 0 Å². The lowest BCUT2D eigenvalue weighted by atomic mass is 9.98. The molecule has 0 aromatic heterocycles. The topological polar surface area (TPSA) is 145 Å². The molecule has 0 aliphatic carbocycles. The van der Waals surface area contributed by atoms with Gasteiger partial charge in [0.25, 0.3) is 0 Å². The smallest absolute Gasteiger partial charge is 0.222 e. The molecule has 0 unspecified atom stereocenters. The molecule has 8 nitrogen and oxygen atoms in total. The van der Waals surface area contributed by atoms with Gasteiger partial charge in [-0.1, -0.05) is 12.8 Å². The van der Waals surface area contributed by atoms with Gasteiger partial charge in [0.2, 0.25) is 5.91 Å². The van der Waals surface area contributed by atoms with E-state index in [2.05, 4.69) is 5.32 Å². The molecule has 1 heterocycles. The molecule has 5 atom stereocenters. The van der Waals surface area contributed by atoms with Crippen LogP contribution in [0.4, 0.5) is 0 Å². The molecule has 1 aliphatic rings. The summed E-state index contributed by atoms with van der Waals surface area (Å²) in [7, 11) is 0. The van der Waals surface area contributed by atoms with Crippen LogP contribution in [0.2, 0.25) is 0 Å². The molecule has 0 aromatic rings. The summed E-state index contributed by atoms with van der Waals surface area (Å²) in [6, 6.07) is 0. The molecule has 0 saturated carbocycles. The van der Waals surface area contributed by atoms with Crippen molar-refractivity contribution in [3.8, 4) is 0 Å². The molecular weight excluding hydrogens is 280 g/mol. The summed E-state index contributed by atoms with van der Waals surface area (Å²) in [5, 5.41) is 40.5. The fourth-order valence-corrected chi connectivity index (χ4v) is 2.24. The number of carbonyl (C=O) groups is 1. The minimum Gasteiger partial charge on any atom is -0.394 e. The van der Waals surface area contributed by atoms with E-state index in [1.54, 1.807) is 0 Å². The molecule has 0 spiro atoms. The third-order valence-corrected chi connectivity index (χ3v) is 3.55. The number of unbranched alkanes of at least 4 members (excludes halogenated alkanes) is 3. The Labute approximate surface area is 123 Å². The largest absolute Gasteiger partial charge is 0.394 e. The van der Waals surface area contributed by atoms with E-state index >= 15 is 0 Å². The summed E-state index contributed by atoms with van der Waals surface area (Å²) >= 11 is 0. The molecule has 8 heteroatoms. The second kappa shape index (κ2) is 9.29. The molecule has 21 heavy (non-hydrogen) atoms. The van der Waals surface area contributed by atoms with Crippen LogP contribution in [0.15, 0.2) is 0 Å². The third kappa shape index (κ3) is 5.50. The SMILES string of the molecule is NCCCCCCC(=O)N[C@@H]1O[C@H](CO)[C@@H](O)[C@H](O)[C@H]1O. The summed E-state index contributed by atoms with van der Waals surface area (Å²) < 4.78 is 5.19. The summed E-state index contributed by atoms with van der Waals surface area (Å²) in [6.07, 6.45) is -2.75. The lowest BCUT2D eigenvalue weighted by molar-refractivity contribution is -0.236. The molecule has 1 rings (SSSR count). The molecule has 0 aromatic carbocycles. The number of rotatable bonds is 8. The van der Waals surface area contributed by atoms with E-state index in [9.17, 15) is 20.1 Å². The Bertz CT molecular complexity index is 315. The van der Waals surface area contributed by atoms with E-state index < -0.39 is 37.3 Å². The van der Waals surface area contributed by atoms with Gasteiger partial charge >= 0.3 is 0 Å². The maximum absolute atomic E-state index is 11.7. The van der Waals surface area contributed by atoms with Crippen molar-refractivity contribution in [2.75, 3.05) is 13.2 Å². The van der Waals surface area contributed by atoms with Crippen molar-refractivity contribution in [2.45, 2.75) is 62.7 Å². The van der Waals surface area contributed by atoms with Crippen LogP contribution in [0, 0.1) is 0 Å². The monoisotopic (exact) mass is 306 g/mol. The average Bonchev–Trinajstić information content (AvgIpc) is 2.47. The first-order valence-corrected chi connectivity index (χ1v) is 7.31. The highest BCUT2D eigenvalue weighted by atomic mass is 16.6. The number of ether oxygens (including phenoxy) is 1. The van der Waals surface area contributed by atoms with Crippen molar-refractivity contribution in [3.05, 3.63) is 0 Å². The minimum atomic E-state index is -1.48. The Morgan fingerprint density at radius 2 is 1.71 bits per heavy atom. The quantitative estimate of drug-likeness (QED) is 0.279. The van der Waals surface area contributed by atoms with E-state index in [0.717, 1.165) is 19.3 Å². The first-order valence-electron chi connectivity index (χ1n) is 7.31. The van der Waals surface area contributed by atoms with Crippen LogP contribution < -0.4 is 11.1 Å². The second-order valence-corrected chi connectivity index (χ2v) is 5.27. The third-order valence-electron chi connectivity index (χ3n) is 3.55. The molecule has 7 N–H and O–H groups in total. The fourth-order valence-electron chi connectivity index (χ4n) is 2.24. The van der Waals surface area contributed by atoms with Gasteiger partial charge < -0.3 is 36.2 Å². The summed E-state index contributed by atoms with van der Waals surface area (Å²) in [6.45, 7) is 0.119. The Morgan fingerprint density at radius 1 is 1.05 bits per heavy atom. The van der Waals surface area contributed by atoms with Gasteiger partial charge in [-0.15, -0.1) is 0 Å². The lowest BCUT2D eigenvalue weighted by Crippen LogP contribution is -2.63. The number of aliphatic hydroxyl groups is 4. The number of amides is 1. The van der Waals surface area contributed by atoms with Crippen molar-refractivity contribution in [1.29, 1.82) is 0 Å². The molecule has 1 saturated heterocycles. The highest BCUT2D eigenvalue weighted by molar-refractivity contribution is 5.76. The number of nitrogens with one attached hydrogen (secondary N) is 1. The van der Waals surface area contributed by atoms with Gasteiger partial charge in [-0.2, -0.15) is 0 Å². The van der Waals surface area contributed by atoms with Gasteiger partial charge in [0, 0.05) is 6.42 Å². The van der Waals surface area contributed by atoms with Crippen LogP contribution in [0.3, 0.4) is 0 Å². The number of hydrogen-bond donors (Lipinski definition) is 6. The number of aliphatic hydroxyl groups excluding tert-OH is 4. The Morgan fingerprint density at radius 3 is 2.33 bits per heavy atom. The molecule has 1 aliphatic heterocycles. The predicted octanol–water partition coefficient (Wildman–Crippen LogP) is -2.19. The van der Waals surface area contributed by atoms with Gasteiger partial charge in [-0.05, 0) is 19.4 Å². The zero-order chi connectivity index (χ0) is 15.8. The maximum Gasteiger partial charge on any atom is 0.222 e. The van der Waals surface area contributed by atoms with Gasteiger partial charge in [0.1, 0.15) is 24.4 Å². The minimum absolute atomic E-state index is 0.277. The van der Waals surface area contributed by atoms with Crippen LogP contribution in [0.25, 0.3) is 0 Å². The molecule has 1 amide bonds. The highest BCUT2D eigenvalue weighted by Gasteiger charge is 2.43. The molecule has 124 valence electrons. The van der Waals surface area contributed by atoms with Crippen LogP contribution in [-0.2, 0) is 9.53 Å². The van der Waals surface area contributed by atoms with Crippen molar-refractivity contribution in [2.24, 2.45) is 5.73 Å². The van der Waals surface area contributed by atoms with Crippen LogP contribution in [0.1, 0.15) is 32.1 Å². The molecule has 1 fully saturated rings. The standard InChI is InChI=1S/C13H26N2O6/c14-6-4-2-1-3-5-9(17)15-13-12(20)11(19)10(18)8(7-16)21-13/h8,10-13,16,18-20H,1-7,14H2,(H,15,17)/t8-,10-,11+,12-,13-/m1/s1. The van der Waals surface area contributed by atoms with E-state index in [1.165, 1.54) is 0 Å². The van der Waals surface area contributed by atoms with Gasteiger partial charge in [0.15, 0.2) is 6.23 Å². The Hall–Kier alpha value is -0.770. The van der Waals surface area contributed by atoms with Gasteiger partial charge in [0.05, 0.1) is 6.61 Å². The number of hydrogen-bond acceptors (Lipinski definition) is 7. The number of nitrogens with two attached hydrogens (primary N) is 1. The second-order valence-electron chi connectivity index (χ2n) is 5.27. The van der Waals surface area contributed by atoms with Crippen molar-refractivity contribution in [3.63, 3.8) is 0 Å².